The fourth-order valence-corrected chi connectivity index (χ4v) is 1.87. The van der Waals surface area contributed by atoms with E-state index in [4.69, 9.17) is 0 Å². The zero-order valence-corrected chi connectivity index (χ0v) is 11.4. The molecular weight excluding hydrogens is 275 g/mol. The molecule has 0 fully saturated rings. The quantitative estimate of drug-likeness (QED) is 0.882. The van der Waals surface area contributed by atoms with Gasteiger partial charge in [0.1, 0.15) is 11.5 Å². The van der Waals surface area contributed by atoms with Crippen molar-refractivity contribution in [2.45, 2.75) is 6.10 Å². The van der Waals surface area contributed by atoms with Gasteiger partial charge in [-0.1, -0.05) is 18.2 Å². The first-order chi connectivity index (χ1) is 9.99. The van der Waals surface area contributed by atoms with E-state index < -0.39 is 17.8 Å². The third-order valence-corrected chi connectivity index (χ3v) is 3.13. The third kappa shape index (κ3) is 3.55. The van der Waals surface area contributed by atoms with Crippen LogP contribution >= 0.6 is 0 Å². The molecule has 2 aromatic rings. The standard InChI is InChI=1S/C15H15FN2O3/c1-18-12(3-2-4-14(18)20)15(21)17-9-13(19)10-5-7-11(16)8-6-10/h2-8,13,19H,9H2,1H3,(H,17,21). The minimum absolute atomic E-state index is 0.0342. The van der Waals surface area contributed by atoms with Gasteiger partial charge in [-0.15, -0.1) is 0 Å². The molecule has 0 aliphatic carbocycles. The van der Waals surface area contributed by atoms with Crippen LogP contribution in [0, 0.1) is 5.82 Å². The summed E-state index contributed by atoms with van der Waals surface area (Å²) in [5.74, 6) is -0.856. The van der Waals surface area contributed by atoms with Gasteiger partial charge in [-0.2, -0.15) is 0 Å². The monoisotopic (exact) mass is 290 g/mol. The zero-order chi connectivity index (χ0) is 15.4. The molecule has 1 amide bonds. The van der Waals surface area contributed by atoms with Crippen molar-refractivity contribution in [1.29, 1.82) is 0 Å². The Morgan fingerprint density at radius 1 is 1.29 bits per heavy atom. The Labute approximate surface area is 120 Å². The van der Waals surface area contributed by atoms with E-state index in [9.17, 15) is 19.1 Å². The summed E-state index contributed by atoms with van der Waals surface area (Å²) in [7, 11) is 1.49. The summed E-state index contributed by atoms with van der Waals surface area (Å²) in [6.07, 6.45) is -0.949. The van der Waals surface area contributed by atoms with Crippen LogP contribution in [0.4, 0.5) is 4.39 Å². The molecule has 5 nitrogen and oxygen atoms in total. The van der Waals surface area contributed by atoms with Crippen molar-refractivity contribution in [3.05, 3.63) is 69.9 Å². The Morgan fingerprint density at radius 2 is 1.95 bits per heavy atom. The van der Waals surface area contributed by atoms with Crippen molar-refractivity contribution >= 4 is 5.91 Å². The highest BCUT2D eigenvalue weighted by Gasteiger charge is 2.13. The minimum atomic E-state index is -0.949. The highest BCUT2D eigenvalue weighted by Crippen LogP contribution is 2.12. The number of aromatic nitrogens is 1. The van der Waals surface area contributed by atoms with Crippen LogP contribution in [0.1, 0.15) is 22.2 Å². The summed E-state index contributed by atoms with van der Waals surface area (Å²) in [5, 5.41) is 12.5. The molecule has 110 valence electrons. The first-order valence-corrected chi connectivity index (χ1v) is 6.37. The second kappa shape index (κ2) is 6.32. The number of aliphatic hydroxyl groups excluding tert-OH is 1. The van der Waals surface area contributed by atoms with Crippen LogP contribution in [-0.2, 0) is 7.05 Å². The molecule has 1 unspecified atom stereocenters. The van der Waals surface area contributed by atoms with Gasteiger partial charge in [-0.3, -0.25) is 9.59 Å². The molecule has 21 heavy (non-hydrogen) atoms. The molecule has 1 aromatic heterocycles. The van der Waals surface area contributed by atoms with E-state index in [0.29, 0.717) is 5.56 Å². The van der Waals surface area contributed by atoms with Crippen LogP contribution in [0.3, 0.4) is 0 Å². The Morgan fingerprint density at radius 3 is 2.62 bits per heavy atom. The molecule has 0 saturated carbocycles. The largest absolute Gasteiger partial charge is 0.387 e. The van der Waals surface area contributed by atoms with Crippen molar-refractivity contribution < 1.29 is 14.3 Å². The third-order valence-electron chi connectivity index (χ3n) is 3.13. The van der Waals surface area contributed by atoms with E-state index in [-0.39, 0.29) is 17.8 Å². The first-order valence-electron chi connectivity index (χ1n) is 6.37. The van der Waals surface area contributed by atoms with E-state index in [0.717, 1.165) is 0 Å². The molecule has 2 rings (SSSR count). The van der Waals surface area contributed by atoms with Crippen molar-refractivity contribution in [2.24, 2.45) is 7.05 Å². The number of nitrogens with one attached hydrogen (secondary N) is 1. The smallest absolute Gasteiger partial charge is 0.268 e. The molecule has 6 heteroatoms. The first kappa shape index (κ1) is 14.9. The number of rotatable bonds is 4. The molecule has 0 radical (unpaired) electrons. The predicted molar refractivity (Wildman–Crippen MR) is 75.4 cm³/mol. The van der Waals surface area contributed by atoms with Gasteiger partial charge in [0.15, 0.2) is 0 Å². The Hall–Kier alpha value is -2.47. The maximum absolute atomic E-state index is 12.8. The number of carbonyl (C=O) groups is 1. The number of hydrogen-bond donors (Lipinski definition) is 2. The van der Waals surface area contributed by atoms with E-state index in [1.165, 1.54) is 54.1 Å². The topological polar surface area (TPSA) is 71.3 Å². The normalized spacial score (nSPS) is 12.0. The number of pyridine rings is 1. The Bertz CT molecular complexity index is 695. The number of aliphatic hydroxyl groups is 1. The van der Waals surface area contributed by atoms with Crippen molar-refractivity contribution in [1.82, 2.24) is 9.88 Å². The van der Waals surface area contributed by atoms with Gasteiger partial charge in [-0.05, 0) is 23.8 Å². The number of amides is 1. The van der Waals surface area contributed by atoms with E-state index in [2.05, 4.69) is 5.32 Å². The lowest BCUT2D eigenvalue weighted by Gasteiger charge is -2.13. The second-order valence-corrected chi connectivity index (χ2v) is 4.59. The zero-order valence-electron chi connectivity index (χ0n) is 11.4. The minimum Gasteiger partial charge on any atom is -0.387 e. The highest BCUT2D eigenvalue weighted by atomic mass is 19.1. The van der Waals surface area contributed by atoms with Gasteiger partial charge in [0.25, 0.3) is 11.5 Å². The number of carbonyl (C=O) groups excluding carboxylic acids is 1. The summed E-state index contributed by atoms with van der Waals surface area (Å²) in [6.45, 7) is -0.0342. The molecule has 0 aliphatic rings. The van der Waals surface area contributed by atoms with E-state index in [1.807, 2.05) is 0 Å². The lowest BCUT2D eigenvalue weighted by molar-refractivity contribution is 0.0907. The molecule has 1 atom stereocenters. The maximum Gasteiger partial charge on any atom is 0.268 e. The molecule has 0 bridgehead atoms. The van der Waals surface area contributed by atoms with Crippen molar-refractivity contribution in [2.75, 3.05) is 6.54 Å². The van der Waals surface area contributed by atoms with Gasteiger partial charge >= 0.3 is 0 Å². The van der Waals surface area contributed by atoms with Gasteiger partial charge in [0.2, 0.25) is 0 Å². The summed E-state index contributed by atoms with van der Waals surface area (Å²) < 4.78 is 14.0. The van der Waals surface area contributed by atoms with Crippen LogP contribution in [0.5, 0.6) is 0 Å². The summed E-state index contributed by atoms with van der Waals surface area (Å²) in [6, 6.07) is 9.73. The highest BCUT2D eigenvalue weighted by molar-refractivity contribution is 5.92. The van der Waals surface area contributed by atoms with Crippen LogP contribution in [0.2, 0.25) is 0 Å². The second-order valence-electron chi connectivity index (χ2n) is 4.59. The molecule has 0 aliphatic heterocycles. The molecule has 1 aromatic carbocycles. The molecule has 1 heterocycles. The fraction of sp³-hybridized carbons (Fsp3) is 0.200. The summed E-state index contributed by atoms with van der Waals surface area (Å²) >= 11 is 0. The lowest BCUT2D eigenvalue weighted by atomic mass is 10.1. The molecule has 0 saturated heterocycles. The Balaban J connectivity index is 2.02. The Kier molecular flexibility index (Phi) is 4.49. The van der Waals surface area contributed by atoms with Crippen LogP contribution in [0.15, 0.2) is 47.3 Å². The lowest BCUT2D eigenvalue weighted by Crippen LogP contribution is -2.33. The maximum atomic E-state index is 12.8. The fourth-order valence-electron chi connectivity index (χ4n) is 1.87. The van der Waals surface area contributed by atoms with Crippen molar-refractivity contribution in [3.63, 3.8) is 0 Å². The van der Waals surface area contributed by atoms with Gasteiger partial charge in [-0.25, -0.2) is 4.39 Å². The van der Waals surface area contributed by atoms with E-state index in [1.54, 1.807) is 0 Å². The summed E-state index contributed by atoms with van der Waals surface area (Å²) in [4.78, 5) is 23.4. The van der Waals surface area contributed by atoms with Crippen LogP contribution in [0.25, 0.3) is 0 Å². The predicted octanol–water partition coefficient (Wildman–Crippen LogP) is 0.988. The van der Waals surface area contributed by atoms with Gasteiger partial charge < -0.3 is 15.0 Å². The number of benzene rings is 1. The molecular formula is C15H15FN2O3. The van der Waals surface area contributed by atoms with Gasteiger partial charge in [0.05, 0.1) is 6.10 Å². The summed E-state index contributed by atoms with van der Waals surface area (Å²) in [5.41, 5.74) is 0.411. The van der Waals surface area contributed by atoms with E-state index >= 15 is 0 Å². The molecule has 0 spiro atoms. The van der Waals surface area contributed by atoms with Crippen molar-refractivity contribution in [3.8, 4) is 0 Å². The van der Waals surface area contributed by atoms with Crippen LogP contribution in [-0.4, -0.2) is 22.1 Å². The SMILES string of the molecule is Cn1c(C(=O)NCC(O)c2ccc(F)cc2)cccc1=O. The average molecular weight is 290 g/mol. The molecule has 2 N–H and O–H groups in total. The number of nitrogens with zero attached hydrogens (tertiary/aromatic N) is 1. The average Bonchev–Trinajstić information content (AvgIpc) is 2.48. The van der Waals surface area contributed by atoms with Crippen LogP contribution < -0.4 is 10.9 Å². The number of hydrogen-bond acceptors (Lipinski definition) is 3. The van der Waals surface area contributed by atoms with Gasteiger partial charge in [0, 0.05) is 19.7 Å². The number of halogens is 1.